The first-order valence-electron chi connectivity index (χ1n) is 6.11. The van der Waals surface area contributed by atoms with E-state index in [9.17, 15) is 9.59 Å². The number of carbonyl (C=O) groups excluding carboxylic acids is 2. The fraction of sp³-hybridized carbons (Fsp3) is 0.214. The minimum absolute atomic E-state index is 0.0195. The molecule has 1 N–H and O–H groups in total. The molecular weight excluding hydrogens is 260 g/mol. The first kappa shape index (κ1) is 13.8. The Kier molecular flexibility index (Phi) is 4.14. The van der Waals surface area contributed by atoms with E-state index >= 15 is 0 Å². The van der Waals surface area contributed by atoms with Crippen LogP contribution in [0.2, 0.25) is 0 Å². The van der Waals surface area contributed by atoms with E-state index in [0.717, 1.165) is 11.8 Å². The number of nitrogens with one attached hydrogen (secondary N) is 1. The number of anilines is 1. The zero-order valence-electron chi connectivity index (χ0n) is 11.2. The third-order valence-corrected chi connectivity index (χ3v) is 2.52. The first-order valence-corrected chi connectivity index (χ1v) is 6.11. The Morgan fingerprint density at radius 2 is 2.00 bits per heavy atom. The van der Waals surface area contributed by atoms with Gasteiger partial charge in [-0.05, 0) is 26.0 Å². The Balaban J connectivity index is 2.05. The zero-order chi connectivity index (χ0) is 14.5. The summed E-state index contributed by atoms with van der Waals surface area (Å²) in [7, 11) is 0. The average molecular weight is 274 g/mol. The second-order valence-corrected chi connectivity index (χ2v) is 4.08. The van der Waals surface area contributed by atoms with Crippen LogP contribution in [0.4, 0.5) is 6.01 Å². The summed E-state index contributed by atoms with van der Waals surface area (Å²) in [6.07, 6.45) is 1.14. The zero-order valence-corrected chi connectivity index (χ0v) is 11.2. The van der Waals surface area contributed by atoms with Crippen molar-refractivity contribution < 1.29 is 18.7 Å². The molecule has 0 radical (unpaired) electrons. The molecule has 0 spiro atoms. The molecule has 6 nitrogen and oxygen atoms in total. The number of nitrogens with zero attached hydrogens (tertiary/aromatic N) is 1. The van der Waals surface area contributed by atoms with Gasteiger partial charge in [-0.15, -0.1) is 0 Å². The minimum atomic E-state index is -0.591. The molecule has 104 valence electrons. The summed E-state index contributed by atoms with van der Waals surface area (Å²) < 4.78 is 9.77. The van der Waals surface area contributed by atoms with Crippen LogP contribution in [0.1, 0.15) is 33.3 Å². The van der Waals surface area contributed by atoms with Gasteiger partial charge in [0.1, 0.15) is 6.26 Å². The summed E-state index contributed by atoms with van der Waals surface area (Å²) in [5.74, 6) is -0.950. The molecule has 0 atom stereocenters. The minimum Gasteiger partial charge on any atom is -0.461 e. The second kappa shape index (κ2) is 6.01. The van der Waals surface area contributed by atoms with E-state index in [4.69, 9.17) is 9.15 Å². The lowest BCUT2D eigenvalue weighted by Gasteiger charge is -2.01. The molecule has 0 bridgehead atoms. The number of carbonyl (C=O) groups is 2. The summed E-state index contributed by atoms with van der Waals surface area (Å²) in [4.78, 5) is 27.1. The highest BCUT2D eigenvalue weighted by Crippen LogP contribution is 2.11. The van der Waals surface area contributed by atoms with Gasteiger partial charge in [-0.2, -0.15) is 4.98 Å². The van der Waals surface area contributed by atoms with Gasteiger partial charge in [0.15, 0.2) is 5.69 Å². The van der Waals surface area contributed by atoms with Crippen molar-refractivity contribution in [1.82, 2.24) is 4.98 Å². The molecule has 0 aliphatic carbocycles. The van der Waals surface area contributed by atoms with Crippen LogP contribution < -0.4 is 5.32 Å². The monoisotopic (exact) mass is 274 g/mol. The summed E-state index contributed by atoms with van der Waals surface area (Å²) in [6.45, 7) is 3.87. The highest BCUT2D eigenvalue weighted by molar-refractivity contribution is 6.03. The van der Waals surface area contributed by atoms with E-state index in [-0.39, 0.29) is 24.2 Å². The van der Waals surface area contributed by atoms with Crippen molar-refractivity contribution in [3.8, 4) is 0 Å². The lowest BCUT2D eigenvalue weighted by atomic mass is 10.1. The molecule has 1 aromatic carbocycles. The van der Waals surface area contributed by atoms with Crippen molar-refractivity contribution in [1.29, 1.82) is 0 Å². The molecule has 0 unspecified atom stereocenters. The fourth-order valence-corrected chi connectivity index (χ4v) is 1.50. The molecule has 2 aromatic rings. The van der Waals surface area contributed by atoms with Crippen LogP contribution >= 0.6 is 0 Å². The maximum Gasteiger partial charge on any atom is 0.360 e. The van der Waals surface area contributed by atoms with Gasteiger partial charge < -0.3 is 9.15 Å². The molecule has 20 heavy (non-hydrogen) atoms. The summed E-state index contributed by atoms with van der Waals surface area (Å²) in [5, 5.41) is 2.47. The van der Waals surface area contributed by atoms with E-state index in [0.29, 0.717) is 5.56 Å². The Hall–Kier alpha value is -2.63. The largest absolute Gasteiger partial charge is 0.461 e. The number of aromatic nitrogens is 1. The summed E-state index contributed by atoms with van der Waals surface area (Å²) >= 11 is 0. The number of ether oxygens (including phenoxy) is 1. The molecule has 1 amide bonds. The number of amides is 1. The van der Waals surface area contributed by atoms with Crippen molar-refractivity contribution in [3.05, 3.63) is 47.3 Å². The number of oxazole rings is 1. The van der Waals surface area contributed by atoms with Crippen molar-refractivity contribution in [3.63, 3.8) is 0 Å². The van der Waals surface area contributed by atoms with E-state index in [1.165, 1.54) is 0 Å². The van der Waals surface area contributed by atoms with Gasteiger partial charge >= 0.3 is 12.0 Å². The molecule has 6 heteroatoms. The lowest BCUT2D eigenvalue weighted by Crippen LogP contribution is -2.12. The predicted molar refractivity (Wildman–Crippen MR) is 71.6 cm³/mol. The maximum atomic E-state index is 11.9. The predicted octanol–water partition coefficient (Wildman–Crippen LogP) is 2.41. The van der Waals surface area contributed by atoms with Crippen molar-refractivity contribution in [2.45, 2.75) is 13.8 Å². The molecule has 1 aromatic heterocycles. The van der Waals surface area contributed by atoms with Crippen molar-refractivity contribution in [2.75, 3.05) is 11.9 Å². The third-order valence-electron chi connectivity index (χ3n) is 2.52. The average Bonchev–Trinajstić information content (AvgIpc) is 2.88. The SMILES string of the molecule is CCOC(=O)c1coc(NC(=O)c2ccc(C)cc2)n1. The van der Waals surface area contributed by atoms with Crippen LogP contribution in [0, 0.1) is 6.92 Å². The Morgan fingerprint density at radius 3 is 2.65 bits per heavy atom. The molecule has 0 aliphatic rings. The Bertz CT molecular complexity index is 616. The van der Waals surface area contributed by atoms with Gasteiger partial charge in [-0.25, -0.2) is 4.79 Å². The van der Waals surface area contributed by atoms with Crippen molar-refractivity contribution in [2.24, 2.45) is 0 Å². The van der Waals surface area contributed by atoms with Crippen molar-refractivity contribution >= 4 is 17.9 Å². The van der Waals surface area contributed by atoms with Gasteiger partial charge in [-0.3, -0.25) is 10.1 Å². The standard InChI is InChI=1S/C14H14N2O4/c1-3-19-13(18)11-8-20-14(15-11)16-12(17)10-6-4-9(2)5-7-10/h4-8H,3H2,1-2H3,(H,15,16,17). The molecule has 0 saturated carbocycles. The normalized spacial score (nSPS) is 10.1. The van der Waals surface area contributed by atoms with Crippen LogP contribution in [-0.4, -0.2) is 23.5 Å². The molecule has 2 rings (SSSR count). The van der Waals surface area contributed by atoms with Crippen LogP contribution in [0.15, 0.2) is 34.9 Å². The highest BCUT2D eigenvalue weighted by Gasteiger charge is 2.15. The van der Waals surface area contributed by atoms with Gasteiger partial charge in [0.05, 0.1) is 6.61 Å². The number of rotatable bonds is 4. The van der Waals surface area contributed by atoms with E-state index in [2.05, 4.69) is 10.3 Å². The van der Waals surface area contributed by atoms with Crippen LogP contribution in [-0.2, 0) is 4.74 Å². The number of hydrogen-bond donors (Lipinski definition) is 1. The quantitative estimate of drug-likeness (QED) is 0.866. The number of esters is 1. The summed E-state index contributed by atoms with van der Waals surface area (Å²) in [6, 6.07) is 7.00. The van der Waals surface area contributed by atoms with E-state index in [1.54, 1.807) is 19.1 Å². The highest BCUT2D eigenvalue weighted by atomic mass is 16.5. The van der Waals surface area contributed by atoms with E-state index in [1.807, 2.05) is 19.1 Å². The second-order valence-electron chi connectivity index (χ2n) is 4.08. The molecule has 1 heterocycles. The Labute approximate surface area is 115 Å². The topological polar surface area (TPSA) is 81.4 Å². The fourth-order valence-electron chi connectivity index (χ4n) is 1.50. The van der Waals surface area contributed by atoms with Gasteiger partial charge in [0.25, 0.3) is 5.91 Å². The summed E-state index contributed by atoms with van der Waals surface area (Å²) in [5.41, 5.74) is 1.56. The van der Waals surface area contributed by atoms with Crippen LogP contribution in [0.25, 0.3) is 0 Å². The van der Waals surface area contributed by atoms with Gasteiger partial charge in [-0.1, -0.05) is 17.7 Å². The van der Waals surface area contributed by atoms with Crippen LogP contribution in [0.3, 0.4) is 0 Å². The molecular formula is C14H14N2O4. The maximum absolute atomic E-state index is 11.9. The third kappa shape index (κ3) is 3.23. The lowest BCUT2D eigenvalue weighted by molar-refractivity contribution is 0.0519. The van der Waals surface area contributed by atoms with Gasteiger partial charge in [0, 0.05) is 5.56 Å². The molecule has 0 fully saturated rings. The van der Waals surface area contributed by atoms with Crippen LogP contribution in [0.5, 0.6) is 0 Å². The number of benzene rings is 1. The number of hydrogen-bond acceptors (Lipinski definition) is 5. The Morgan fingerprint density at radius 1 is 1.30 bits per heavy atom. The smallest absolute Gasteiger partial charge is 0.360 e. The number of aryl methyl sites for hydroxylation is 1. The first-order chi connectivity index (χ1) is 9.60. The molecule has 0 aliphatic heterocycles. The van der Waals surface area contributed by atoms with E-state index < -0.39 is 5.97 Å². The van der Waals surface area contributed by atoms with Gasteiger partial charge in [0.2, 0.25) is 0 Å². The molecule has 0 saturated heterocycles.